The van der Waals surface area contributed by atoms with E-state index in [4.69, 9.17) is 0 Å². The molecule has 82 valence electrons. The van der Waals surface area contributed by atoms with Gasteiger partial charge in [-0.25, -0.2) is 4.63 Å². The zero-order chi connectivity index (χ0) is 10.8. The summed E-state index contributed by atoms with van der Waals surface area (Å²) in [7, 11) is 1.81. The molecule has 1 saturated heterocycles. The zero-order valence-corrected chi connectivity index (χ0v) is 8.86. The number of likely N-dealkylation sites (N-methyl/N-ethyl adjacent to an activating group) is 1. The van der Waals surface area contributed by atoms with Gasteiger partial charge in [0.15, 0.2) is 0 Å². The van der Waals surface area contributed by atoms with Gasteiger partial charge >= 0.3 is 0 Å². The molecule has 1 amide bonds. The van der Waals surface area contributed by atoms with Crippen LogP contribution < -0.4 is 5.32 Å². The fraction of sp³-hybridized carbons (Fsp3) is 0.667. The highest BCUT2D eigenvalue weighted by Crippen LogP contribution is 2.09. The van der Waals surface area contributed by atoms with Gasteiger partial charge in [-0.15, -0.1) is 0 Å². The minimum Gasteiger partial charge on any atom is -0.344 e. The molecule has 6 heteroatoms. The lowest BCUT2D eigenvalue weighted by molar-refractivity contribution is -0.128. The van der Waals surface area contributed by atoms with Crippen LogP contribution in [0.1, 0.15) is 17.8 Å². The van der Waals surface area contributed by atoms with E-state index < -0.39 is 0 Å². The second-order valence-electron chi connectivity index (χ2n) is 3.78. The third kappa shape index (κ3) is 1.99. The summed E-state index contributed by atoms with van der Waals surface area (Å²) in [5, 5.41) is 10.6. The Bertz CT molecular complexity index is 363. The number of aryl methyl sites for hydroxylation is 1. The van der Waals surface area contributed by atoms with Crippen LogP contribution in [0.4, 0.5) is 0 Å². The molecule has 0 aromatic carbocycles. The Morgan fingerprint density at radius 2 is 2.40 bits per heavy atom. The lowest BCUT2D eigenvalue weighted by Crippen LogP contribution is -2.36. The Morgan fingerprint density at radius 3 is 2.93 bits per heavy atom. The van der Waals surface area contributed by atoms with E-state index in [0.29, 0.717) is 6.54 Å². The van der Waals surface area contributed by atoms with Crippen LogP contribution >= 0.6 is 0 Å². The van der Waals surface area contributed by atoms with Crippen molar-refractivity contribution >= 4 is 5.91 Å². The first-order valence-electron chi connectivity index (χ1n) is 4.95. The van der Waals surface area contributed by atoms with Crippen molar-refractivity contribution in [1.82, 2.24) is 20.5 Å². The Morgan fingerprint density at radius 1 is 1.60 bits per heavy atom. The van der Waals surface area contributed by atoms with E-state index in [2.05, 4.69) is 20.3 Å². The van der Waals surface area contributed by atoms with Gasteiger partial charge in [-0.1, -0.05) is 10.3 Å². The largest absolute Gasteiger partial charge is 0.344 e. The highest BCUT2D eigenvalue weighted by molar-refractivity contribution is 5.83. The van der Waals surface area contributed by atoms with Crippen molar-refractivity contribution in [1.29, 1.82) is 0 Å². The summed E-state index contributed by atoms with van der Waals surface area (Å²) in [5.41, 5.74) is 1.53. The lowest BCUT2D eigenvalue weighted by Gasteiger charge is -2.10. The molecule has 0 radical (unpaired) electrons. The van der Waals surface area contributed by atoms with Crippen LogP contribution in [-0.2, 0) is 11.3 Å². The maximum absolute atomic E-state index is 11.6. The smallest absolute Gasteiger partial charge is 0.239 e. The standard InChI is InChI=1S/C9H14N4O2/c1-6-8(12-15-11-6)5-10-7-3-4-13(2)9(7)14/h7,10H,3-5H2,1-2H3. The molecule has 1 aliphatic heterocycles. The average molecular weight is 210 g/mol. The summed E-state index contributed by atoms with van der Waals surface area (Å²) in [6, 6.07) is -0.0916. The first kappa shape index (κ1) is 10.1. The molecule has 0 saturated carbocycles. The Balaban J connectivity index is 1.89. The summed E-state index contributed by atoms with van der Waals surface area (Å²) in [6.07, 6.45) is 0.847. The molecule has 2 rings (SSSR count). The first-order valence-corrected chi connectivity index (χ1v) is 4.95. The predicted octanol–water partition coefficient (Wildman–Crippen LogP) is -0.302. The monoisotopic (exact) mass is 210 g/mol. The minimum atomic E-state index is -0.0916. The molecule has 2 heterocycles. The van der Waals surface area contributed by atoms with E-state index >= 15 is 0 Å². The lowest BCUT2D eigenvalue weighted by atomic mass is 10.2. The van der Waals surface area contributed by atoms with E-state index in [1.54, 1.807) is 4.90 Å². The molecular weight excluding hydrogens is 196 g/mol. The third-order valence-electron chi connectivity index (χ3n) is 2.69. The molecule has 1 unspecified atom stereocenters. The van der Waals surface area contributed by atoms with Crippen molar-refractivity contribution in [3.63, 3.8) is 0 Å². The Hall–Kier alpha value is -1.43. The number of hydrogen-bond acceptors (Lipinski definition) is 5. The number of carbonyl (C=O) groups excluding carboxylic acids is 1. The number of carbonyl (C=O) groups is 1. The van der Waals surface area contributed by atoms with Gasteiger partial charge < -0.3 is 4.90 Å². The number of rotatable bonds is 3. The number of amides is 1. The highest BCUT2D eigenvalue weighted by atomic mass is 16.6. The van der Waals surface area contributed by atoms with Gasteiger partial charge in [-0.2, -0.15) is 0 Å². The van der Waals surface area contributed by atoms with Gasteiger partial charge in [-0.3, -0.25) is 10.1 Å². The van der Waals surface area contributed by atoms with Crippen LogP contribution in [0.15, 0.2) is 4.63 Å². The fourth-order valence-corrected chi connectivity index (χ4v) is 1.64. The first-order chi connectivity index (χ1) is 7.18. The third-order valence-corrected chi connectivity index (χ3v) is 2.69. The SMILES string of the molecule is Cc1nonc1CNC1CCN(C)C1=O. The van der Waals surface area contributed by atoms with Crippen LogP contribution in [0.3, 0.4) is 0 Å². The van der Waals surface area contributed by atoms with E-state index in [-0.39, 0.29) is 11.9 Å². The minimum absolute atomic E-state index is 0.0916. The van der Waals surface area contributed by atoms with Crippen molar-refractivity contribution in [3.05, 3.63) is 11.4 Å². The predicted molar refractivity (Wildman–Crippen MR) is 51.9 cm³/mol. The summed E-state index contributed by atoms with van der Waals surface area (Å²) >= 11 is 0. The molecule has 1 aromatic rings. The van der Waals surface area contributed by atoms with Crippen LogP contribution in [0.2, 0.25) is 0 Å². The maximum Gasteiger partial charge on any atom is 0.239 e. The van der Waals surface area contributed by atoms with Crippen LogP contribution in [0.5, 0.6) is 0 Å². The van der Waals surface area contributed by atoms with E-state index in [9.17, 15) is 4.79 Å². The second kappa shape index (κ2) is 3.98. The molecule has 1 aliphatic rings. The van der Waals surface area contributed by atoms with Gasteiger partial charge in [0.1, 0.15) is 11.4 Å². The van der Waals surface area contributed by atoms with Gasteiger partial charge in [0, 0.05) is 20.1 Å². The number of nitrogens with zero attached hydrogens (tertiary/aromatic N) is 3. The normalized spacial score (nSPS) is 21.3. The van der Waals surface area contributed by atoms with Crippen molar-refractivity contribution in [3.8, 4) is 0 Å². The summed E-state index contributed by atoms with van der Waals surface area (Å²) in [4.78, 5) is 13.3. The number of nitrogens with one attached hydrogen (secondary N) is 1. The Labute approximate surface area is 87.6 Å². The zero-order valence-electron chi connectivity index (χ0n) is 8.86. The Kier molecular flexibility index (Phi) is 2.68. The summed E-state index contributed by atoms with van der Waals surface area (Å²) in [5.74, 6) is 0.143. The van der Waals surface area contributed by atoms with Crippen molar-refractivity contribution < 1.29 is 9.42 Å². The molecular formula is C9H14N4O2. The van der Waals surface area contributed by atoms with E-state index in [1.807, 2.05) is 14.0 Å². The molecule has 6 nitrogen and oxygen atoms in total. The van der Waals surface area contributed by atoms with Crippen molar-refractivity contribution in [2.75, 3.05) is 13.6 Å². The number of hydrogen-bond donors (Lipinski definition) is 1. The molecule has 1 atom stereocenters. The number of aromatic nitrogens is 2. The van der Waals surface area contributed by atoms with Crippen molar-refractivity contribution in [2.45, 2.75) is 25.9 Å². The maximum atomic E-state index is 11.6. The molecule has 1 fully saturated rings. The van der Waals surface area contributed by atoms with E-state index in [1.165, 1.54) is 0 Å². The van der Waals surface area contributed by atoms with E-state index in [0.717, 1.165) is 24.4 Å². The molecule has 0 aliphatic carbocycles. The summed E-state index contributed by atoms with van der Waals surface area (Å²) < 4.78 is 4.57. The summed E-state index contributed by atoms with van der Waals surface area (Å²) in [6.45, 7) is 3.17. The van der Waals surface area contributed by atoms with Gasteiger partial charge in [0.25, 0.3) is 0 Å². The number of likely N-dealkylation sites (tertiary alicyclic amines) is 1. The second-order valence-corrected chi connectivity index (χ2v) is 3.78. The van der Waals surface area contributed by atoms with Gasteiger partial charge in [-0.05, 0) is 13.3 Å². The van der Waals surface area contributed by atoms with Gasteiger partial charge in [0.2, 0.25) is 5.91 Å². The highest BCUT2D eigenvalue weighted by Gasteiger charge is 2.28. The molecule has 0 bridgehead atoms. The van der Waals surface area contributed by atoms with Crippen LogP contribution in [0, 0.1) is 6.92 Å². The van der Waals surface area contributed by atoms with Crippen LogP contribution in [0.25, 0.3) is 0 Å². The molecule has 1 N–H and O–H groups in total. The van der Waals surface area contributed by atoms with Crippen molar-refractivity contribution in [2.24, 2.45) is 0 Å². The fourth-order valence-electron chi connectivity index (χ4n) is 1.64. The molecule has 1 aromatic heterocycles. The molecule has 0 spiro atoms. The molecule has 15 heavy (non-hydrogen) atoms. The average Bonchev–Trinajstić information content (AvgIpc) is 2.74. The topological polar surface area (TPSA) is 71.3 Å². The van der Waals surface area contributed by atoms with Gasteiger partial charge in [0.05, 0.1) is 6.04 Å². The van der Waals surface area contributed by atoms with Crippen LogP contribution in [-0.4, -0.2) is 40.8 Å². The quantitative estimate of drug-likeness (QED) is 0.741.